The second-order valence-corrected chi connectivity index (χ2v) is 9.27. The van der Waals surface area contributed by atoms with E-state index in [1.807, 2.05) is 13.8 Å². The summed E-state index contributed by atoms with van der Waals surface area (Å²) in [7, 11) is -3.44. The van der Waals surface area contributed by atoms with Crippen LogP contribution in [-0.2, 0) is 10.0 Å². The van der Waals surface area contributed by atoms with Crippen LogP contribution in [0.15, 0.2) is 16.3 Å². The number of sulfonamides is 1. The van der Waals surface area contributed by atoms with Crippen molar-refractivity contribution in [1.82, 2.24) is 9.62 Å². The van der Waals surface area contributed by atoms with E-state index in [0.717, 1.165) is 37.3 Å². The molecule has 0 spiro atoms. The number of hydrogen-bond donors (Lipinski definition) is 1. The zero-order valence-corrected chi connectivity index (χ0v) is 14.2. The number of nitrogens with zero attached hydrogens (tertiary/aromatic N) is 1. The van der Waals surface area contributed by atoms with Crippen LogP contribution < -0.4 is 5.32 Å². The van der Waals surface area contributed by atoms with Crippen LogP contribution in [0.2, 0.25) is 4.34 Å². The molecule has 114 valence electrons. The van der Waals surface area contributed by atoms with Crippen LogP contribution in [0, 0.1) is 5.92 Å². The first-order valence-electron chi connectivity index (χ1n) is 6.89. The maximum atomic E-state index is 12.7. The van der Waals surface area contributed by atoms with E-state index in [4.69, 9.17) is 11.6 Å². The quantitative estimate of drug-likeness (QED) is 0.899. The number of hydrogen-bond acceptors (Lipinski definition) is 4. The van der Waals surface area contributed by atoms with Gasteiger partial charge in [-0.15, -0.1) is 11.3 Å². The Bertz CT molecular complexity index is 536. The lowest BCUT2D eigenvalue weighted by Gasteiger charge is -2.31. The van der Waals surface area contributed by atoms with Crippen molar-refractivity contribution in [2.24, 2.45) is 5.92 Å². The molecule has 1 unspecified atom stereocenters. The Morgan fingerprint density at radius 3 is 2.75 bits per heavy atom. The maximum Gasteiger partial charge on any atom is 0.252 e. The fraction of sp³-hybridized carbons (Fsp3) is 0.692. The summed E-state index contributed by atoms with van der Waals surface area (Å²) in [6.07, 6.45) is 2.19. The summed E-state index contributed by atoms with van der Waals surface area (Å²) in [4.78, 5) is 0. The third-order valence-corrected chi connectivity index (χ3v) is 7.26. The van der Waals surface area contributed by atoms with Gasteiger partial charge in [0.05, 0.1) is 4.34 Å². The van der Waals surface area contributed by atoms with Gasteiger partial charge in [-0.05, 0) is 57.8 Å². The molecule has 2 heterocycles. The van der Waals surface area contributed by atoms with E-state index in [9.17, 15) is 8.42 Å². The number of nitrogens with one attached hydrogen (secondary N) is 1. The summed E-state index contributed by atoms with van der Waals surface area (Å²) in [5.74, 6) is 0.386. The van der Waals surface area contributed by atoms with E-state index in [-0.39, 0.29) is 6.04 Å². The first-order chi connectivity index (χ1) is 9.41. The highest BCUT2D eigenvalue weighted by molar-refractivity contribution is 7.91. The fourth-order valence-corrected chi connectivity index (χ4v) is 5.80. The molecule has 0 radical (unpaired) electrons. The molecule has 2 rings (SSSR count). The largest absolute Gasteiger partial charge is 0.316 e. The van der Waals surface area contributed by atoms with E-state index >= 15 is 0 Å². The second kappa shape index (κ2) is 6.75. The average molecular weight is 337 g/mol. The van der Waals surface area contributed by atoms with Crippen molar-refractivity contribution in [1.29, 1.82) is 0 Å². The minimum absolute atomic E-state index is 0.0530. The molecule has 0 aliphatic carbocycles. The number of halogens is 1. The lowest BCUT2D eigenvalue weighted by Crippen LogP contribution is -2.43. The fourth-order valence-electron chi connectivity index (χ4n) is 2.47. The SMILES string of the molecule is CC(C)N(CC1CCCNC1)S(=O)(=O)c1ccc(Cl)s1. The van der Waals surface area contributed by atoms with Gasteiger partial charge in [0.15, 0.2) is 0 Å². The lowest BCUT2D eigenvalue weighted by atomic mass is 9.99. The first-order valence-corrected chi connectivity index (χ1v) is 9.52. The smallest absolute Gasteiger partial charge is 0.252 e. The summed E-state index contributed by atoms with van der Waals surface area (Å²) in [6, 6.07) is 3.18. The molecule has 1 aromatic rings. The predicted octanol–water partition coefficient (Wildman–Crippen LogP) is 2.80. The summed E-state index contributed by atoms with van der Waals surface area (Å²) in [6.45, 7) is 6.34. The number of piperidine rings is 1. The lowest BCUT2D eigenvalue weighted by molar-refractivity contribution is 0.264. The normalized spacial score (nSPS) is 20.8. The number of thiophene rings is 1. The van der Waals surface area contributed by atoms with Gasteiger partial charge in [0, 0.05) is 12.6 Å². The van der Waals surface area contributed by atoms with Crippen molar-refractivity contribution in [2.45, 2.75) is 36.9 Å². The van der Waals surface area contributed by atoms with Gasteiger partial charge in [-0.3, -0.25) is 0 Å². The molecule has 20 heavy (non-hydrogen) atoms. The molecule has 1 fully saturated rings. The third kappa shape index (κ3) is 3.74. The molecule has 1 aliphatic rings. The molecule has 4 nitrogen and oxygen atoms in total. The Labute approximate surface area is 130 Å². The van der Waals surface area contributed by atoms with E-state index in [0.29, 0.717) is 21.0 Å². The van der Waals surface area contributed by atoms with E-state index < -0.39 is 10.0 Å². The monoisotopic (exact) mass is 336 g/mol. The zero-order chi connectivity index (χ0) is 14.8. The molecular formula is C13H21ClN2O2S2. The van der Waals surface area contributed by atoms with Crippen LogP contribution in [0.3, 0.4) is 0 Å². The van der Waals surface area contributed by atoms with Crippen LogP contribution in [-0.4, -0.2) is 38.4 Å². The van der Waals surface area contributed by atoms with Crippen LogP contribution in [0.5, 0.6) is 0 Å². The molecule has 0 bridgehead atoms. The van der Waals surface area contributed by atoms with Gasteiger partial charge in [-0.25, -0.2) is 8.42 Å². The highest BCUT2D eigenvalue weighted by Gasteiger charge is 2.31. The Balaban J connectivity index is 2.19. The molecule has 0 amide bonds. The van der Waals surface area contributed by atoms with E-state index in [1.165, 1.54) is 0 Å². The molecule has 1 saturated heterocycles. The molecule has 1 atom stereocenters. The highest BCUT2D eigenvalue weighted by Crippen LogP contribution is 2.30. The Morgan fingerprint density at radius 2 is 2.25 bits per heavy atom. The molecular weight excluding hydrogens is 316 g/mol. The summed E-state index contributed by atoms with van der Waals surface area (Å²) in [5.41, 5.74) is 0. The molecule has 0 aromatic carbocycles. The van der Waals surface area contributed by atoms with Gasteiger partial charge in [0.2, 0.25) is 0 Å². The standard InChI is InChI=1S/C13H21ClN2O2S2/c1-10(2)16(9-11-4-3-7-15-8-11)20(17,18)13-6-5-12(14)19-13/h5-6,10-11,15H,3-4,7-9H2,1-2H3. The summed E-state index contributed by atoms with van der Waals surface area (Å²) < 4.78 is 27.9. The predicted molar refractivity (Wildman–Crippen MR) is 84.0 cm³/mol. The molecule has 1 aliphatic heterocycles. The topological polar surface area (TPSA) is 49.4 Å². The Kier molecular flexibility index (Phi) is 5.48. The summed E-state index contributed by atoms with van der Waals surface area (Å²) >= 11 is 6.99. The third-order valence-electron chi connectivity index (χ3n) is 3.52. The zero-order valence-electron chi connectivity index (χ0n) is 11.8. The minimum atomic E-state index is -3.44. The van der Waals surface area contributed by atoms with Gasteiger partial charge in [0.25, 0.3) is 10.0 Å². The van der Waals surface area contributed by atoms with Crippen LogP contribution in [0.25, 0.3) is 0 Å². The highest BCUT2D eigenvalue weighted by atomic mass is 35.5. The average Bonchev–Trinajstić information content (AvgIpc) is 2.84. The van der Waals surface area contributed by atoms with Gasteiger partial charge >= 0.3 is 0 Å². The van der Waals surface area contributed by atoms with Crippen LogP contribution >= 0.6 is 22.9 Å². The maximum absolute atomic E-state index is 12.7. The molecule has 1 N–H and O–H groups in total. The van der Waals surface area contributed by atoms with Crippen molar-refractivity contribution in [3.63, 3.8) is 0 Å². The van der Waals surface area contributed by atoms with Gasteiger partial charge < -0.3 is 5.32 Å². The van der Waals surface area contributed by atoms with Crippen molar-refractivity contribution in [3.8, 4) is 0 Å². The van der Waals surface area contributed by atoms with Crippen LogP contribution in [0.4, 0.5) is 0 Å². The van der Waals surface area contributed by atoms with Gasteiger partial charge in [-0.1, -0.05) is 11.6 Å². The minimum Gasteiger partial charge on any atom is -0.316 e. The van der Waals surface area contributed by atoms with Crippen molar-refractivity contribution < 1.29 is 8.42 Å². The van der Waals surface area contributed by atoms with Crippen molar-refractivity contribution in [2.75, 3.05) is 19.6 Å². The Morgan fingerprint density at radius 1 is 1.50 bits per heavy atom. The molecule has 1 aromatic heterocycles. The molecule has 0 saturated carbocycles. The first kappa shape index (κ1) is 16.2. The van der Waals surface area contributed by atoms with E-state index in [2.05, 4.69) is 5.32 Å². The van der Waals surface area contributed by atoms with Crippen LogP contribution in [0.1, 0.15) is 26.7 Å². The Hall–Kier alpha value is -0.140. The van der Waals surface area contributed by atoms with E-state index in [1.54, 1.807) is 16.4 Å². The molecule has 7 heteroatoms. The number of rotatable bonds is 5. The van der Waals surface area contributed by atoms with Crippen molar-refractivity contribution >= 4 is 33.0 Å². The van der Waals surface area contributed by atoms with Gasteiger partial charge in [-0.2, -0.15) is 4.31 Å². The van der Waals surface area contributed by atoms with Gasteiger partial charge in [0.1, 0.15) is 4.21 Å². The van der Waals surface area contributed by atoms with Crippen molar-refractivity contribution in [3.05, 3.63) is 16.5 Å². The second-order valence-electron chi connectivity index (χ2n) is 5.44. The summed E-state index contributed by atoms with van der Waals surface area (Å²) in [5, 5.41) is 3.33.